The molecule has 7 nitrogen and oxygen atoms in total. The van der Waals surface area contributed by atoms with Crippen molar-refractivity contribution in [3.05, 3.63) is 29.2 Å². The van der Waals surface area contributed by atoms with Gasteiger partial charge in [0.05, 0.1) is 6.54 Å². The second kappa shape index (κ2) is 5.60. The van der Waals surface area contributed by atoms with E-state index < -0.39 is 10.0 Å². The van der Waals surface area contributed by atoms with E-state index in [1.54, 1.807) is 6.07 Å². The quantitative estimate of drug-likeness (QED) is 0.787. The molecule has 0 saturated heterocycles. The Labute approximate surface area is 120 Å². The standard InChI is InChI=1S/C11H14N4O3S2/c16-20(17,14-6-10-13-7-18-15-10)11-4-3-9(19-11)5-12-8-1-2-8/h3-4,7-8,12,14H,1-2,5-6H2. The number of hydrogen-bond acceptors (Lipinski definition) is 7. The smallest absolute Gasteiger partial charge is 0.250 e. The van der Waals surface area contributed by atoms with Gasteiger partial charge in [0.25, 0.3) is 0 Å². The number of nitrogens with zero attached hydrogens (tertiary/aromatic N) is 2. The second-order valence-electron chi connectivity index (χ2n) is 4.55. The summed E-state index contributed by atoms with van der Waals surface area (Å²) in [6.07, 6.45) is 3.59. The Balaban J connectivity index is 1.61. The highest BCUT2D eigenvalue weighted by Gasteiger charge is 2.21. The molecular formula is C11H14N4O3S2. The number of nitrogens with one attached hydrogen (secondary N) is 2. The molecule has 2 aromatic rings. The van der Waals surface area contributed by atoms with Crippen molar-refractivity contribution in [2.45, 2.75) is 36.2 Å². The van der Waals surface area contributed by atoms with Crippen molar-refractivity contribution in [3.63, 3.8) is 0 Å². The van der Waals surface area contributed by atoms with E-state index in [0.717, 1.165) is 17.8 Å². The number of sulfonamides is 1. The largest absolute Gasteiger partial charge is 0.343 e. The molecule has 108 valence electrons. The van der Waals surface area contributed by atoms with Gasteiger partial charge >= 0.3 is 0 Å². The summed E-state index contributed by atoms with van der Waals surface area (Å²) < 4.78 is 31.5. The van der Waals surface area contributed by atoms with Crippen molar-refractivity contribution in [2.24, 2.45) is 0 Å². The average Bonchev–Trinajstić information content (AvgIpc) is 2.94. The van der Waals surface area contributed by atoms with Crippen LogP contribution >= 0.6 is 11.3 Å². The van der Waals surface area contributed by atoms with Crippen LogP contribution in [0.5, 0.6) is 0 Å². The molecule has 1 aliphatic rings. The second-order valence-corrected chi connectivity index (χ2v) is 7.71. The van der Waals surface area contributed by atoms with Crippen LogP contribution in [0.3, 0.4) is 0 Å². The first kappa shape index (κ1) is 13.7. The topological polar surface area (TPSA) is 97.1 Å². The summed E-state index contributed by atoms with van der Waals surface area (Å²) in [5, 5.41) is 6.91. The van der Waals surface area contributed by atoms with Crippen molar-refractivity contribution in [1.29, 1.82) is 0 Å². The highest BCUT2D eigenvalue weighted by atomic mass is 32.2. The summed E-state index contributed by atoms with van der Waals surface area (Å²) in [7, 11) is -3.52. The SMILES string of the molecule is O=S(=O)(NCc1ncon1)c1ccc(CNC2CC2)s1. The summed E-state index contributed by atoms with van der Waals surface area (Å²) in [6.45, 7) is 0.738. The van der Waals surface area contributed by atoms with E-state index in [4.69, 9.17) is 0 Å². The lowest BCUT2D eigenvalue weighted by Crippen LogP contribution is -2.23. The molecule has 1 aliphatic carbocycles. The van der Waals surface area contributed by atoms with Gasteiger partial charge in [0.2, 0.25) is 16.4 Å². The molecule has 2 aromatic heterocycles. The highest BCUT2D eigenvalue weighted by molar-refractivity contribution is 7.91. The predicted molar refractivity (Wildman–Crippen MR) is 72.5 cm³/mol. The maximum atomic E-state index is 12.1. The van der Waals surface area contributed by atoms with E-state index in [2.05, 4.69) is 24.7 Å². The van der Waals surface area contributed by atoms with Gasteiger partial charge in [0, 0.05) is 17.5 Å². The first-order chi connectivity index (χ1) is 9.63. The Bertz CT molecular complexity index is 662. The predicted octanol–water partition coefficient (Wildman–Crippen LogP) is 0.862. The summed E-state index contributed by atoms with van der Waals surface area (Å²) in [4.78, 5) is 4.77. The van der Waals surface area contributed by atoms with Gasteiger partial charge in [-0.1, -0.05) is 5.16 Å². The van der Waals surface area contributed by atoms with Crippen LogP contribution in [0, 0.1) is 0 Å². The Morgan fingerprint density at radius 1 is 1.35 bits per heavy atom. The number of thiophene rings is 1. The Hall–Kier alpha value is -1.29. The lowest BCUT2D eigenvalue weighted by molar-refractivity contribution is 0.409. The van der Waals surface area contributed by atoms with Gasteiger partial charge in [-0.3, -0.25) is 0 Å². The summed E-state index contributed by atoms with van der Waals surface area (Å²) in [6, 6.07) is 4.06. The third kappa shape index (κ3) is 3.42. The fourth-order valence-corrected chi connectivity index (χ4v) is 3.96. The van der Waals surface area contributed by atoms with Crippen LogP contribution in [0.25, 0.3) is 0 Å². The van der Waals surface area contributed by atoms with Crippen molar-refractivity contribution >= 4 is 21.4 Å². The lowest BCUT2D eigenvalue weighted by Gasteiger charge is -2.01. The molecule has 0 radical (unpaired) electrons. The van der Waals surface area contributed by atoms with E-state index in [-0.39, 0.29) is 6.54 Å². The Morgan fingerprint density at radius 2 is 2.20 bits per heavy atom. The molecule has 0 unspecified atom stereocenters. The third-order valence-electron chi connectivity index (χ3n) is 2.87. The maximum absolute atomic E-state index is 12.1. The van der Waals surface area contributed by atoms with E-state index in [1.807, 2.05) is 6.07 Å². The normalized spacial score (nSPS) is 15.6. The van der Waals surface area contributed by atoms with Gasteiger partial charge in [-0.25, -0.2) is 13.1 Å². The first-order valence-corrected chi connectivity index (χ1v) is 8.50. The van der Waals surface area contributed by atoms with Gasteiger partial charge in [0.15, 0.2) is 5.82 Å². The van der Waals surface area contributed by atoms with Crippen molar-refractivity contribution < 1.29 is 12.9 Å². The molecule has 0 amide bonds. The molecule has 0 atom stereocenters. The average molecular weight is 314 g/mol. The van der Waals surface area contributed by atoms with E-state index >= 15 is 0 Å². The minimum Gasteiger partial charge on any atom is -0.343 e. The molecule has 1 saturated carbocycles. The zero-order valence-electron chi connectivity index (χ0n) is 10.6. The molecule has 3 rings (SSSR count). The first-order valence-electron chi connectivity index (χ1n) is 6.20. The van der Waals surface area contributed by atoms with Crippen LogP contribution in [-0.4, -0.2) is 24.6 Å². The molecule has 0 aromatic carbocycles. The molecule has 0 spiro atoms. The minimum absolute atomic E-state index is 0.0202. The molecule has 2 N–H and O–H groups in total. The van der Waals surface area contributed by atoms with Crippen LogP contribution in [0.15, 0.2) is 27.3 Å². The van der Waals surface area contributed by atoms with Crippen LogP contribution in [0.4, 0.5) is 0 Å². The number of aromatic nitrogens is 2. The number of rotatable bonds is 7. The van der Waals surface area contributed by atoms with Crippen molar-refractivity contribution in [3.8, 4) is 0 Å². The zero-order valence-corrected chi connectivity index (χ0v) is 12.2. The third-order valence-corrected chi connectivity index (χ3v) is 5.85. The fourth-order valence-electron chi connectivity index (χ4n) is 1.63. The van der Waals surface area contributed by atoms with Gasteiger partial charge in [0.1, 0.15) is 4.21 Å². The monoisotopic (exact) mass is 314 g/mol. The Kier molecular flexibility index (Phi) is 3.83. The molecular weight excluding hydrogens is 300 g/mol. The van der Waals surface area contributed by atoms with Gasteiger partial charge < -0.3 is 9.84 Å². The molecule has 20 heavy (non-hydrogen) atoms. The van der Waals surface area contributed by atoms with Gasteiger partial charge in [-0.05, 0) is 25.0 Å². The van der Waals surface area contributed by atoms with Crippen molar-refractivity contribution in [2.75, 3.05) is 0 Å². The fraction of sp³-hybridized carbons (Fsp3) is 0.455. The van der Waals surface area contributed by atoms with E-state index in [1.165, 1.54) is 24.2 Å². The molecule has 9 heteroatoms. The molecule has 0 bridgehead atoms. The van der Waals surface area contributed by atoms with Crippen LogP contribution in [0.1, 0.15) is 23.5 Å². The van der Waals surface area contributed by atoms with Crippen LogP contribution in [-0.2, 0) is 23.1 Å². The summed E-state index contributed by atoms with van der Waals surface area (Å²) in [5.74, 6) is 0.306. The lowest BCUT2D eigenvalue weighted by atomic mass is 10.4. The molecule has 1 fully saturated rings. The molecule has 0 aliphatic heterocycles. The summed E-state index contributed by atoms with van der Waals surface area (Å²) in [5.41, 5.74) is 0. The van der Waals surface area contributed by atoms with Gasteiger partial charge in [-0.2, -0.15) is 4.98 Å². The number of hydrogen-bond donors (Lipinski definition) is 2. The van der Waals surface area contributed by atoms with Crippen molar-refractivity contribution in [1.82, 2.24) is 20.2 Å². The van der Waals surface area contributed by atoms with E-state index in [0.29, 0.717) is 16.1 Å². The molecule has 2 heterocycles. The minimum atomic E-state index is -3.52. The van der Waals surface area contributed by atoms with Crippen LogP contribution in [0.2, 0.25) is 0 Å². The van der Waals surface area contributed by atoms with E-state index in [9.17, 15) is 8.42 Å². The maximum Gasteiger partial charge on any atom is 0.250 e. The zero-order chi connectivity index (χ0) is 14.0. The summed E-state index contributed by atoms with van der Waals surface area (Å²) >= 11 is 1.27. The highest BCUT2D eigenvalue weighted by Crippen LogP contribution is 2.24. The Morgan fingerprint density at radius 3 is 2.90 bits per heavy atom. The van der Waals surface area contributed by atoms with Crippen LogP contribution < -0.4 is 10.0 Å². The van der Waals surface area contributed by atoms with Gasteiger partial charge in [-0.15, -0.1) is 11.3 Å².